The van der Waals surface area contributed by atoms with Crippen LogP contribution in [0.1, 0.15) is 5.56 Å². The van der Waals surface area contributed by atoms with E-state index in [2.05, 4.69) is 21.2 Å². The normalized spacial score (nSPS) is 9.94. The Balaban J connectivity index is 2.61. The second-order valence-corrected chi connectivity index (χ2v) is 4.04. The zero-order chi connectivity index (χ0) is 12.0. The summed E-state index contributed by atoms with van der Waals surface area (Å²) in [5.41, 5.74) is 0.851. The third kappa shape index (κ3) is 3.81. The van der Waals surface area contributed by atoms with Crippen molar-refractivity contribution in [2.45, 2.75) is 6.42 Å². The van der Waals surface area contributed by atoms with Gasteiger partial charge in [0, 0.05) is 6.54 Å². The molecule has 1 aromatic rings. The minimum atomic E-state index is -0.544. The number of halogens is 2. The number of benzene rings is 1. The van der Waals surface area contributed by atoms with Crippen LogP contribution in [0.25, 0.3) is 0 Å². The molecule has 0 spiro atoms. The number of rotatable bonds is 5. The van der Waals surface area contributed by atoms with Gasteiger partial charge >= 0.3 is 0 Å². The summed E-state index contributed by atoms with van der Waals surface area (Å²) in [4.78, 5) is 11.3. The average molecular weight is 290 g/mol. The second kappa shape index (κ2) is 6.48. The lowest BCUT2D eigenvalue weighted by Gasteiger charge is -2.06. The van der Waals surface area contributed by atoms with Gasteiger partial charge in [-0.2, -0.15) is 0 Å². The standard InChI is InChI=1S/C11H13BrFNO2/c1-16-10-3-2-8(6-9(10)12)7-11(15)14-5-4-13/h2-3,6H,4-5,7H2,1H3,(H,14,15). The Morgan fingerprint density at radius 3 is 2.88 bits per heavy atom. The minimum Gasteiger partial charge on any atom is -0.496 e. The maximum absolute atomic E-state index is 11.8. The first kappa shape index (κ1) is 13.0. The molecule has 0 fully saturated rings. The molecule has 0 aliphatic carbocycles. The van der Waals surface area contributed by atoms with Crippen LogP contribution in [0, 0.1) is 0 Å². The Labute approximate surface area is 102 Å². The van der Waals surface area contributed by atoms with Gasteiger partial charge in [0.2, 0.25) is 5.91 Å². The molecule has 1 aromatic carbocycles. The molecular weight excluding hydrogens is 277 g/mol. The van der Waals surface area contributed by atoms with E-state index in [0.29, 0.717) is 5.75 Å². The van der Waals surface area contributed by atoms with E-state index in [0.717, 1.165) is 10.0 Å². The van der Waals surface area contributed by atoms with E-state index >= 15 is 0 Å². The summed E-state index contributed by atoms with van der Waals surface area (Å²) in [5.74, 6) is 0.530. The number of carbonyl (C=O) groups excluding carboxylic acids is 1. The van der Waals surface area contributed by atoms with Crippen LogP contribution in [0.2, 0.25) is 0 Å². The molecule has 0 bridgehead atoms. The summed E-state index contributed by atoms with van der Waals surface area (Å²) in [6, 6.07) is 5.40. The van der Waals surface area contributed by atoms with E-state index in [4.69, 9.17) is 4.74 Å². The molecule has 0 radical (unpaired) electrons. The molecule has 1 rings (SSSR count). The predicted molar refractivity (Wildman–Crippen MR) is 63.4 cm³/mol. The summed E-state index contributed by atoms with van der Waals surface area (Å²) < 4.78 is 17.7. The van der Waals surface area contributed by atoms with E-state index < -0.39 is 6.67 Å². The molecule has 88 valence electrons. The summed E-state index contributed by atoms with van der Waals surface area (Å²) in [6.45, 7) is -0.478. The van der Waals surface area contributed by atoms with E-state index in [9.17, 15) is 9.18 Å². The summed E-state index contributed by atoms with van der Waals surface area (Å²) >= 11 is 3.33. The number of hydrogen-bond acceptors (Lipinski definition) is 2. The Bertz CT molecular complexity index is 371. The molecule has 0 saturated heterocycles. The molecule has 1 amide bonds. The van der Waals surface area contributed by atoms with Crippen molar-refractivity contribution >= 4 is 21.8 Å². The fourth-order valence-corrected chi connectivity index (χ4v) is 1.84. The quantitative estimate of drug-likeness (QED) is 0.901. The number of ether oxygens (including phenoxy) is 1. The van der Waals surface area contributed by atoms with Gasteiger partial charge in [0.1, 0.15) is 12.4 Å². The number of methoxy groups -OCH3 is 1. The first-order valence-corrected chi connectivity index (χ1v) is 5.61. The first-order valence-electron chi connectivity index (χ1n) is 4.82. The van der Waals surface area contributed by atoms with Crippen LogP contribution in [0.3, 0.4) is 0 Å². The molecule has 0 heterocycles. The third-order valence-corrected chi connectivity index (χ3v) is 2.62. The summed E-state index contributed by atoms with van der Waals surface area (Å²) in [7, 11) is 1.58. The fraction of sp³-hybridized carbons (Fsp3) is 0.364. The van der Waals surface area contributed by atoms with Crippen LogP contribution in [0.15, 0.2) is 22.7 Å². The highest BCUT2D eigenvalue weighted by molar-refractivity contribution is 9.10. The maximum Gasteiger partial charge on any atom is 0.224 e. The van der Waals surface area contributed by atoms with Gasteiger partial charge in [0.25, 0.3) is 0 Å². The van der Waals surface area contributed by atoms with E-state index in [-0.39, 0.29) is 18.9 Å². The molecular formula is C11H13BrFNO2. The van der Waals surface area contributed by atoms with Crippen molar-refractivity contribution in [3.63, 3.8) is 0 Å². The van der Waals surface area contributed by atoms with Crippen molar-refractivity contribution in [1.82, 2.24) is 5.32 Å². The van der Waals surface area contributed by atoms with E-state index in [1.165, 1.54) is 0 Å². The largest absolute Gasteiger partial charge is 0.496 e. The minimum absolute atomic E-state index is 0.0656. The molecule has 0 atom stereocenters. The zero-order valence-corrected chi connectivity index (χ0v) is 10.5. The SMILES string of the molecule is COc1ccc(CC(=O)NCCF)cc1Br. The van der Waals surface area contributed by atoms with Crippen molar-refractivity contribution < 1.29 is 13.9 Å². The van der Waals surface area contributed by atoms with Gasteiger partial charge < -0.3 is 10.1 Å². The molecule has 16 heavy (non-hydrogen) atoms. The van der Waals surface area contributed by atoms with Crippen LogP contribution >= 0.6 is 15.9 Å². The number of carbonyl (C=O) groups is 1. The lowest BCUT2D eigenvalue weighted by Crippen LogP contribution is -2.26. The number of amides is 1. The number of nitrogens with one attached hydrogen (secondary N) is 1. The Kier molecular flexibility index (Phi) is 5.25. The molecule has 0 aliphatic rings. The van der Waals surface area contributed by atoms with Crippen LogP contribution in [-0.2, 0) is 11.2 Å². The van der Waals surface area contributed by atoms with E-state index in [1.54, 1.807) is 19.2 Å². The maximum atomic E-state index is 11.8. The third-order valence-electron chi connectivity index (χ3n) is 2.00. The van der Waals surface area contributed by atoms with E-state index in [1.807, 2.05) is 6.07 Å². The smallest absolute Gasteiger partial charge is 0.224 e. The zero-order valence-electron chi connectivity index (χ0n) is 8.93. The summed E-state index contributed by atoms with van der Waals surface area (Å²) in [6.07, 6.45) is 0.239. The molecule has 0 saturated carbocycles. The van der Waals surface area contributed by atoms with Gasteiger partial charge in [-0.1, -0.05) is 6.07 Å². The molecule has 0 unspecified atom stereocenters. The van der Waals surface area contributed by atoms with Gasteiger partial charge in [-0.25, -0.2) is 4.39 Å². The van der Waals surface area contributed by atoms with Crippen LogP contribution in [0.5, 0.6) is 5.75 Å². The number of alkyl halides is 1. The van der Waals surface area contributed by atoms with Gasteiger partial charge in [-0.3, -0.25) is 4.79 Å². The fourth-order valence-electron chi connectivity index (χ4n) is 1.25. The first-order chi connectivity index (χ1) is 7.67. The molecule has 0 aliphatic heterocycles. The molecule has 5 heteroatoms. The van der Waals surface area contributed by atoms with Crippen LogP contribution < -0.4 is 10.1 Å². The Morgan fingerprint density at radius 1 is 1.56 bits per heavy atom. The monoisotopic (exact) mass is 289 g/mol. The van der Waals surface area contributed by atoms with Crippen molar-refractivity contribution in [1.29, 1.82) is 0 Å². The molecule has 0 aromatic heterocycles. The van der Waals surface area contributed by atoms with Gasteiger partial charge in [-0.05, 0) is 33.6 Å². The van der Waals surface area contributed by atoms with Crippen molar-refractivity contribution in [2.75, 3.05) is 20.3 Å². The highest BCUT2D eigenvalue weighted by Gasteiger charge is 2.05. The second-order valence-electron chi connectivity index (χ2n) is 3.18. The van der Waals surface area contributed by atoms with Crippen molar-refractivity contribution in [3.05, 3.63) is 28.2 Å². The van der Waals surface area contributed by atoms with Crippen molar-refractivity contribution in [3.8, 4) is 5.75 Å². The summed E-state index contributed by atoms with van der Waals surface area (Å²) in [5, 5.41) is 2.47. The van der Waals surface area contributed by atoms with Crippen LogP contribution in [0.4, 0.5) is 4.39 Å². The van der Waals surface area contributed by atoms with Gasteiger partial charge in [-0.15, -0.1) is 0 Å². The lowest BCUT2D eigenvalue weighted by atomic mass is 10.1. The molecule has 1 N–H and O–H groups in total. The lowest BCUT2D eigenvalue weighted by molar-refractivity contribution is -0.120. The Morgan fingerprint density at radius 2 is 2.31 bits per heavy atom. The highest BCUT2D eigenvalue weighted by atomic mass is 79.9. The van der Waals surface area contributed by atoms with Gasteiger partial charge in [0.05, 0.1) is 18.0 Å². The Hall–Kier alpha value is -1.10. The molecule has 3 nitrogen and oxygen atoms in total. The van der Waals surface area contributed by atoms with Crippen molar-refractivity contribution in [2.24, 2.45) is 0 Å². The predicted octanol–water partition coefficient (Wildman–Crippen LogP) is 2.09. The van der Waals surface area contributed by atoms with Crippen LogP contribution in [-0.4, -0.2) is 26.2 Å². The highest BCUT2D eigenvalue weighted by Crippen LogP contribution is 2.25. The number of hydrogen-bond donors (Lipinski definition) is 1. The van der Waals surface area contributed by atoms with Gasteiger partial charge in [0.15, 0.2) is 0 Å². The topological polar surface area (TPSA) is 38.3 Å². The average Bonchev–Trinajstić information content (AvgIpc) is 2.26.